The predicted molar refractivity (Wildman–Crippen MR) is 90.2 cm³/mol. The maximum atomic E-state index is 13.3. The Bertz CT molecular complexity index is 642. The molecule has 1 aromatic carbocycles. The molecule has 1 aliphatic carbocycles. The Labute approximate surface area is 134 Å². The summed E-state index contributed by atoms with van der Waals surface area (Å²) in [5, 5.41) is 1.05. The van der Waals surface area contributed by atoms with Gasteiger partial charge in [-0.3, -0.25) is 4.90 Å². The average Bonchev–Trinajstić information content (AvgIpc) is 2.99. The van der Waals surface area contributed by atoms with Crippen molar-refractivity contribution >= 4 is 26.7 Å². The maximum Gasteiger partial charge on any atom is 0.186 e. The van der Waals surface area contributed by atoms with Gasteiger partial charge in [0.2, 0.25) is 0 Å². The van der Waals surface area contributed by atoms with Crippen LogP contribution in [0, 0.1) is 5.82 Å². The molecule has 5 heteroatoms. The number of aromatic nitrogens is 1. The van der Waals surface area contributed by atoms with Gasteiger partial charge in [0.15, 0.2) is 5.13 Å². The molecule has 0 N–H and O–H groups in total. The van der Waals surface area contributed by atoms with Crippen LogP contribution in [0.15, 0.2) is 18.2 Å². The lowest BCUT2D eigenvalue weighted by atomic mass is 9.94. The Morgan fingerprint density at radius 1 is 1.05 bits per heavy atom. The van der Waals surface area contributed by atoms with E-state index in [1.54, 1.807) is 23.5 Å². The normalized spacial score (nSPS) is 21.6. The monoisotopic (exact) mass is 319 g/mol. The summed E-state index contributed by atoms with van der Waals surface area (Å²) in [7, 11) is 0. The summed E-state index contributed by atoms with van der Waals surface area (Å²) in [5.74, 6) is -0.176. The van der Waals surface area contributed by atoms with Crippen molar-refractivity contribution in [2.24, 2.45) is 0 Å². The van der Waals surface area contributed by atoms with Crippen LogP contribution in [0.1, 0.15) is 32.1 Å². The van der Waals surface area contributed by atoms with Crippen LogP contribution in [0.25, 0.3) is 10.2 Å². The lowest BCUT2D eigenvalue weighted by molar-refractivity contribution is 0.148. The lowest BCUT2D eigenvalue weighted by Crippen LogP contribution is -2.50. The molecule has 0 amide bonds. The molecule has 2 aromatic rings. The SMILES string of the molecule is Fc1ccc2nc(N3CCN(C4CCCCC4)CC3)sc2c1. The molecule has 2 fully saturated rings. The topological polar surface area (TPSA) is 19.4 Å². The van der Waals surface area contributed by atoms with E-state index in [9.17, 15) is 4.39 Å². The predicted octanol–water partition coefficient (Wildman–Crippen LogP) is 3.89. The third-order valence-electron chi connectivity index (χ3n) is 5.02. The maximum absolute atomic E-state index is 13.3. The van der Waals surface area contributed by atoms with Crippen LogP contribution >= 0.6 is 11.3 Å². The number of fused-ring (bicyclic) bond motifs is 1. The van der Waals surface area contributed by atoms with Crippen molar-refractivity contribution in [3.8, 4) is 0 Å². The van der Waals surface area contributed by atoms with Gasteiger partial charge in [-0.15, -0.1) is 0 Å². The number of piperazine rings is 1. The summed E-state index contributed by atoms with van der Waals surface area (Å²) in [6.45, 7) is 4.35. The van der Waals surface area contributed by atoms with Crippen molar-refractivity contribution in [2.75, 3.05) is 31.1 Å². The van der Waals surface area contributed by atoms with Crippen LogP contribution in [-0.4, -0.2) is 42.1 Å². The number of rotatable bonds is 2. The first kappa shape index (κ1) is 14.4. The summed E-state index contributed by atoms with van der Waals surface area (Å²) < 4.78 is 14.3. The fourth-order valence-electron chi connectivity index (χ4n) is 3.75. The zero-order valence-corrected chi connectivity index (χ0v) is 13.6. The Hall–Kier alpha value is -1.20. The third-order valence-corrected chi connectivity index (χ3v) is 6.09. The van der Waals surface area contributed by atoms with E-state index in [0.29, 0.717) is 0 Å². The highest BCUT2D eigenvalue weighted by atomic mass is 32.1. The molecule has 1 saturated heterocycles. The van der Waals surface area contributed by atoms with Crippen molar-refractivity contribution in [3.05, 3.63) is 24.0 Å². The van der Waals surface area contributed by atoms with Crippen LogP contribution in [0.4, 0.5) is 9.52 Å². The van der Waals surface area contributed by atoms with Gasteiger partial charge in [-0.05, 0) is 31.0 Å². The quantitative estimate of drug-likeness (QED) is 0.837. The van der Waals surface area contributed by atoms with Crippen molar-refractivity contribution in [1.82, 2.24) is 9.88 Å². The fourth-order valence-corrected chi connectivity index (χ4v) is 4.79. The minimum absolute atomic E-state index is 0.176. The molecule has 3 nitrogen and oxygen atoms in total. The molecule has 1 aromatic heterocycles. The zero-order chi connectivity index (χ0) is 14.9. The summed E-state index contributed by atoms with van der Waals surface area (Å²) in [6, 6.07) is 5.67. The molecule has 22 heavy (non-hydrogen) atoms. The number of benzene rings is 1. The highest BCUT2D eigenvalue weighted by Gasteiger charge is 2.26. The fraction of sp³-hybridized carbons (Fsp3) is 0.588. The van der Waals surface area contributed by atoms with E-state index in [4.69, 9.17) is 0 Å². The first-order chi connectivity index (χ1) is 10.8. The van der Waals surface area contributed by atoms with E-state index >= 15 is 0 Å². The second-order valence-electron chi connectivity index (χ2n) is 6.42. The van der Waals surface area contributed by atoms with Crippen molar-refractivity contribution in [3.63, 3.8) is 0 Å². The Kier molecular flexibility index (Phi) is 4.01. The van der Waals surface area contributed by atoms with Gasteiger partial charge in [0, 0.05) is 32.2 Å². The van der Waals surface area contributed by atoms with E-state index in [0.717, 1.165) is 47.6 Å². The first-order valence-corrected chi connectivity index (χ1v) is 9.16. The molecule has 1 saturated carbocycles. The van der Waals surface area contributed by atoms with Gasteiger partial charge < -0.3 is 4.90 Å². The molecule has 1 aliphatic heterocycles. The molecule has 0 atom stereocenters. The Morgan fingerprint density at radius 3 is 2.59 bits per heavy atom. The number of anilines is 1. The molecule has 0 spiro atoms. The first-order valence-electron chi connectivity index (χ1n) is 8.35. The van der Waals surface area contributed by atoms with Gasteiger partial charge in [0.1, 0.15) is 5.82 Å². The van der Waals surface area contributed by atoms with E-state index in [-0.39, 0.29) is 5.82 Å². The van der Waals surface area contributed by atoms with Gasteiger partial charge in [-0.2, -0.15) is 0 Å². The molecule has 118 valence electrons. The van der Waals surface area contributed by atoms with E-state index in [1.165, 1.54) is 38.2 Å². The molecule has 0 radical (unpaired) electrons. The lowest BCUT2D eigenvalue weighted by Gasteiger charge is -2.40. The van der Waals surface area contributed by atoms with Gasteiger partial charge in [-0.1, -0.05) is 30.6 Å². The summed E-state index contributed by atoms with van der Waals surface area (Å²) >= 11 is 1.61. The molecule has 0 bridgehead atoms. The van der Waals surface area contributed by atoms with Gasteiger partial charge in [0.05, 0.1) is 10.2 Å². The summed E-state index contributed by atoms with van der Waals surface area (Å²) in [5.41, 5.74) is 0.913. The Morgan fingerprint density at radius 2 is 1.82 bits per heavy atom. The number of hydrogen-bond donors (Lipinski definition) is 0. The van der Waals surface area contributed by atoms with Gasteiger partial charge in [0.25, 0.3) is 0 Å². The van der Waals surface area contributed by atoms with Crippen molar-refractivity contribution in [1.29, 1.82) is 0 Å². The minimum Gasteiger partial charge on any atom is -0.345 e. The summed E-state index contributed by atoms with van der Waals surface area (Å²) in [4.78, 5) is 9.71. The van der Waals surface area contributed by atoms with Crippen molar-refractivity contribution < 1.29 is 4.39 Å². The molecule has 2 heterocycles. The van der Waals surface area contributed by atoms with Crippen LogP contribution in [0.3, 0.4) is 0 Å². The van der Waals surface area contributed by atoms with E-state index in [2.05, 4.69) is 14.8 Å². The molecular formula is C17H22FN3S. The summed E-state index contributed by atoms with van der Waals surface area (Å²) in [6.07, 6.45) is 6.96. The van der Waals surface area contributed by atoms with E-state index in [1.807, 2.05) is 0 Å². The highest BCUT2D eigenvalue weighted by Crippen LogP contribution is 2.31. The van der Waals surface area contributed by atoms with Crippen LogP contribution in [-0.2, 0) is 0 Å². The average molecular weight is 319 g/mol. The second-order valence-corrected chi connectivity index (χ2v) is 7.43. The number of thiazole rings is 1. The number of nitrogens with zero attached hydrogens (tertiary/aromatic N) is 3. The van der Waals surface area contributed by atoms with Crippen LogP contribution in [0.2, 0.25) is 0 Å². The van der Waals surface area contributed by atoms with Crippen LogP contribution < -0.4 is 4.90 Å². The number of hydrogen-bond acceptors (Lipinski definition) is 4. The largest absolute Gasteiger partial charge is 0.345 e. The van der Waals surface area contributed by atoms with Gasteiger partial charge >= 0.3 is 0 Å². The second kappa shape index (κ2) is 6.13. The molecule has 2 aliphatic rings. The Balaban J connectivity index is 1.43. The minimum atomic E-state index is -0.176. The van der Waals surface area contributed by atoms with E-state index < -0.39 is 0 Å². The highest BCUT2D eigenvalue weighted by molar-refractivity contribution is 7.22. The molecule has 0 unspecified atom stereocenters. The third kappa shape index (κ3) is 2.84. The standard InChI is InChI=1S/C17H22FN3S/c18-13-6-7-15-16(12-13)22-17(19-15)21-10-8-20(9-11-21)14-4-2-1-3-5-14/h6-7,12,14H,1-5,8-11H2. The number of halogens is 1. The van der Waals surface area contributed by atoms with Gasteiger partial charge in [-0.25, -0.2) is 9.37 Å². The van der Waals surface area contributed by atoms with Crippen LogP contribution in [0.5, 0.6) is 0 Å². The molecular weight excluding hydrogens is 297 g/mol. The van der Waals surface area contributed by atoms with Crippen molar-refractivity contribution in [2.45, 2.75) is 38.1 Å². The smallest absolute Gasteiger partial charge is 0.186 e. The zero-order valence-electron chi connectivity index (χ0n) is 12.8. The molecule has 4 rings (SSSR count).